The van der Waals surface area contributed by atoms with Gasteiger partial charge in [0.15, 0.2) is 5.78 Å². The third-order valence-electron chi connectivity index (χ3n) is 2.78. The van der Waals surface area contributed by atoms with E-state index in [0.717, 1.165) is 30.1 Å². The lowest BCUT2D eigenvalue weighted by Crippen LogP contribution is -2.52. The van der Waals surface area contributed by atoms with Crippen LogP contribution in [0.4, 0.5) is 0 Å². The first-order valence-corrected chi connectivity index (χ1v) is 6.06. The zero-order valence-corrected chi connectivity index (χ0v) is 9.93. The lowest BCUT2D eigenvalue weighted by Gasteiger charge is -2.29. The lowest BCUT2D eigenvalue weighted by atomic mass is 10.1. The Labute approximate surface area is 94.1 Å². The van der Waals surface area contributed by atoms with E-state index in [0.29, 0.717) is 0 Å². The molecule has 4 heteroatoms. The fraction of sp³-hybridized carbons (Fsp3) is 0.545. The zero-order valence-electron chi connectivity index (χ0n) is 9.12. The number of hydrogen-bond acceptors (Lipinski definition) is 4. The average molecular weight is 224 g/mol. The number of carbonyl (C=O) groups excluding carboxylic acids is 1. The van der Waals surface area contributed by atoms with Crippen molar-refractivity contribution in [3.05, 3.63) is 21.9 Å². The van der Waals surface area contributed by atoms with Crippen molar-refractivity contribution in [2.75, 3.05) is 26.7 Å². The van der Waals surface area contributed by atoms with E-state index >= 15 is 0 Å². The van der Waals surface area contributed by atoms with E-state index in [1.807, 2.05) is 18.4 Å². The van der Waals surface area contributed by atoms with Gasteiger partial charge in [-0.05, 0) is 31.0 Å². The zero-order chi connectivity index (χ0) is 10.8. The first kappa shape index (κ1) is 10.8. The predicted molar refractivity (Wildman–Crippen MR) is 62.7 cm³/mol. The lowest BCUT2D eigenvalue weighted by molar-refractivity contribution is 0.0898. The van der Waals surface area contributed by atoms with Gasteiger partial charge < -0.3 is 10.2 Å². The number of ketones is 1. The molecule has 0 aromatic carbocycles. The summed E-state index contributed by atoms with van der Waals surface area (Å²) in [6.07, 6.45) is 0. The molecule has 1 aliphatic rings. The van der Waals surface area contributed by atoms with Crippen LogP contribution < -0.4 is 5.32 Å². The van der Waals surface area contributed by atoms with Crippen molar-refractivity contribution >= 4 is 17.1 Å². The van der Waals surface area contributed by atoms with Gasteiger partial charge in [0, 0.05) is 19.6 Å². The third-order valence-corrected chi connectivity index (χ3v) is 3.81. The summed E-state index contributed by atoms with van der Waals surface area (Å²) in [5, 5.41) is 5.26. The van der Waals surface area contributed by atoms with Crippen molar-refractivity contribution in [2.45, 2.75) is 13.0 Å². The molecular weight excluding hydrogens is 208 g/mol. The van der Waals surface area contributed by atoms with Crippen LogP contribution in [0.1, 0.15) is 15.2 Å². The van der Waals surface area contributed by atoms with Crippen LogP contribution in [0.5, 0.6) is 0 Å². The Hall–Kier alpha value is -0.710. The molecule has 0 radical (unpaired) electrons. The van der Waals surface area contributed by atoms with Crippen LogP contribution in [0.15, 0.2) is 11.4 Å². The Morgan fingerprint density at radius 2 is 2.47 bits per heavy atom. The monoisotopic (exact) mass is 224 g/mol. The molecule has 0 amide bonds. The van der Waals surface area contributed by atoms with Gasteiger partial charge >= 0.3 is 0 Å². The number of nitrogens with one attached hydrogen (secondary N) is 1. The molecule has 2 heterocycles. The van der Waals surface area contributed by atoms with Crippen molar-refractivity contribution in [1.29, 1.82) is 0 Å². The molecule has 1 aromatic rings. The van der Waals surface area contributed by atoms with Crippen molar-refractivity contribution in [3.8, 4) is 0 Å². The van der Waals surface area contributed by atoms with Crippen LogP contribution >= 0.6 is 11.3 Å². The summed E-state index contributed by atoms with van der Waals surface area (Å²) in [5.41, 5.74) is 1.10. The Bertz CT molecular complexity index is 361. The van der Waals surface area contributed by atoms with Gasteiger partial charge in [-0.1, -0.05) is 0 Å². The average Bonchev–Trinajstić information content (AvgIpc) is 2.63. The minimum Gasteiger partial charge on any atom is -0.305 e. The molecular formula is C11H16N2OS. The minimum absolute atomic E-state index is 0.0268. The molecule has 0 bridgehead atoms. The summed E-state index contributed by atoms with van der Waals surface area (Å²) >= 11 is 1.54. The first-order valence-electron chi connectivity index (χ1n) is 5.18. The fourth-order valence-electron chi connectivity index (χ4n) is 1.86. The number of carbonyl (C=O) groups is 1. The molecule has 1 saturated heterocycles. The van der Waals surface area contributed by atoms with Gasteiger partial charge in [0.1, 0.15) is 0 Å². The smallest absolute Gasteiger partial charge is 0.191 e. The molecule has 2 rings (SSSR count). The van der Waals surface area contributed by atoms with Crippen LogP contribution in [0.2, 0.25) is 0 Å². The number of thiophene rings is 1. The number of aryl methyl sites for hydroxylation is 1. The van der Waals surface area contributed by atoms with Gasteiger partial charge in [0.2, 0.25) is 0 Å². The molecule has 1 fully saturated rings. The highest BCUT2D eigenvalue weighted by molar-refractivity contribution is 7.12. The number of piperazine rings is 1. The number of nitrogens with zero attached hydrogens (tertiary/aromatic N) is 1. The summed E-state index contributed by atoms with van der Waals surface area (Å²) < 4.78 is 0. The molecule has 0 aliphatic carbocycles. The van der Waals surface area contributed by atoms with Crippen molar-refractivity contribution in [3.63, 3.8) is 0 Å². The first-order chi connectivity index (χ1) is 7.18. The van der Waals surface area contributed by atoms with Crippen LogP contribution in [0.3, 0.4) is 0 Å². The van der Waals surface area contributed by atoms with Gasteiger partial charge in [-0.15, -0.1) is 11.3 Å². The molecule has 1 aliphatic heterocycles. The SMILES string of the molecule is Cc1ccsc1C(=O)C1CN(C)CCN1. The van der Waals surface area contributed by atoms with E-state index in [-0.39, 0.29) is 11.8 Å². The number of rotatable bonds is 2. The molecule has 3 nitrogen and oxygen atoms in total. The van der Waals surface area contributed by atoms with Crippen LogP contribution in [-0.4, -0.2) is 43.4 Å². The molecule has 1 aromatic heterocycles. The maximum atomic E-state index is 12.1. The van der Waals surface area contributed by atoms with E-state index in [2.05, 4.69) is 17.3 Å². The maximum Gasteiger partial charge on any atom is 0.191 e. The second-order valence-electron chi connectivity index (χ2n) is 4.07. The highest BCUT2D eigenvalue weighted by atomic mass is 32.1. The summed E-state index contributed by atoms with van der Waals surface area (Å²) in [7, 11) is 2.06. The number of hydrogen-bond donors (Lipinski definition) is 1. The molecule has 0 spiro atoms. The summed E-state index contributed by atoms with van der Waals surface area (Å²) in [5.74, 6) is 0.244. The largest absolute Gasteiger partial charge is 0.305 e. The van der Waals surface area contributed by atoms with E-state index in [1.54, 1.807) is 11.3 Å². The fourth-order valence-corrected chi connectivity index (χ4v) is 2.78. The molecule has 0 saturated carbocycles. The Morgan fingerprint density at radius 3 is 3.07 bits per heavy atom. The van der Waals surface area contributed by atoms with Crippen LogP contribution in [0, 0.1) is 6.92 Å². The van der Waals surface area contributed by atoms with Gasteiger partial charge in [-0.2, -0.15) is 0 Å². The molecule has 1 atom stereocenters. The Balaban J connectivity index is 2.11. The van der Waals surface area contributed by atoms with Gasteiger partial charge in [0.05, 0.1) is 10.9 Å². The van der Waals surface area contributed by atoms with Crippen molar-refractivity contribution < 1.29 is 4.79 Å². The van der Waals surface area contributed by atoms with E-state index in [9.17, 15) is 4.79 Å². The summed E-state index contributed by atoms with van der Waals surface area (Å²) in [6.45, 7) is 4.73. The predicted octanol–water partition coefficient (Wildman–Crippen LogP) is 1.14. The van der Waals surface area contributed by atoms with Gasteiger partial charge in [-0.3, -0.25) is 4.79 Å². The Kier molecular flexibility index (Phi) is 3.19. The summed E-state index contributed by atoms with van der Waals surface area (Å²) in [6, 6.07) is 1.98. The quantitative estimate of drug-likeness (QED) is 0.765. The highest BCUT2D eigenvalue weighted by Crippen LogP contribution is 2.18. The van der Waals surface area contributed by atoms with Crippen LogP contribution in [0.25, 0.3) is 0 Å². The molecule has 1 N–H and O–H groups in total. The second kappa shape index (κ2) is 4.43. The van der Waals surface area contributed by atoms with E-state index in [4.69, 9.17) is 0 Å². The molecule has 1 unspecified atom stereocenters. The van der Waals surface area contributed by atoms with Crippen molar-refractivity contribution in [1.82, 2.24) is 10.2 Å². The third kappa shape index (κ3) is 2.27. The Morgan fingerprint density at radius 1 is 1.67 bits per heavy atom. The second-order valence-corrected chi connectivity index (χ2v) is 4.98. The van der Waals surface area contributed by atoms with E-state index in [1.165, 1.54) is 0 Å². The standard InChI is InChI=1S/C11H16N2OS/c1-8-3-6-15-11(8)10(14)9-7-13(2)5-4-12-9/h3,6,9,12H,4-5,7H2,1-2H3. The topological polar surface area (TPSA) is 32.3 Å². The van der Waals surface area contributed by atoms with Gasteiger partial charge in [-0.25, -0.2) is 0 Å². The van der Waals surface area contributed by atoms with Crippen molar-refractivity contribution in [2.24, 2.45) is 0 Å². The normalized spacial score (nSPS) is 22.9. The van der Waals surface area contributed by atoms with E-state index < -0.39 is 0 Å². The van der Waals surface area contributed by atoms with Crippen LogP contribution in [-0.2, 0) is 0 Å². The minimum atomic E-state index is -0.0268. The molecule has 82 valence electrons. The molecule has 15 heavy (non-hydrogen) atoms. The summed E-state index contributed by atoms with van der Waals surface area (Å²) in [4.78, 5) is 15.3. The number of likely N-dealkylation sites (N-methyl/N-ethyl adjacent to an activating group) is 1. The highest BCUT2D eigenvalue weighted by Gasteiger charge is 2.25. The number of Topliss-reactive ketones (excluding diaryl/α,β-unsaturated/α-hetero) is 1. The van der Waals surface area contributed by atoms with Gasteiger partial charge in [0.25, 0.3) is 0 Å². The maximum absolute atomic E-state index is 12.1.